The number of hydrogen-bond donors (Lipinski definition) is 2. The third kappa shape index (κ3) is 3.57. The largest absolute Gasteiger partial charge is 0.384 e. The first kappa shape index (κ1) is 15.0. The molecule has 1 saturated carbocycles. The second kappa shape index (κ2) is 5.92. The highest BCUT2D eigenvalue weighted by Crippen LogP contribution is 2.39. The van der Waals surface area contributed by atoms with Crippen LogP contribution in [0.15, 0.2) is 23.4 Å². The maximum atomic E-state index is 12.2. The van der Waals surface area contributed by atoms with Gasteiger partial charge in [-0.25, -0.2) is 13.1 Å². The maximum Gasteiger partial charge on any atom is 0.242 e. The number of hydrogen-bond acceptors (Lipinski definition) is 4. The Bertz CT molecular complexity index is 640. The van der Waals surface area contributed by atoms with E-state index in [1.807, 2.05) is 0 Å². The standard InChI is InChI=1S/C14H18N2O3S/c1-14(5-3-6-14)11-16-20(18,19)13-8-12(4-2-7-17)9-15-10-13/h8-10,16-17H,3,5-7,11H2,1H3. The third-order valence-electron chi connectivity index (χ3n) is 3.58. The Morgan fingerprint density at radius 1 is 1.45 bits per heavy atom. The quantitative estimate of drug-likeness (QED) is 0.808. The van der Waals surface area contributed by atoms with Crippen LogP contribution in [-0.4, -0.2) is 31.7 Å². The molecule has 1 fully saturated rings. The lowest BCUT2D eigenvalue weighted by molar-refractivity contribution is 0.166. The minimum absolute atomic E-state index is 0.0782. The van der Waals surface area contributed by atoms with Crippen molar-refractivity contribution < 1.29 is 13.5 Å². The Kier molecular flexibility index (Phi) is 4.43. The monoisotopic (exact) mass is 294 g/mol. The van der Waals surface area contributed by atoms with Crippen LogP contribution >= 0.6 is 0 Å². The second-order valence-corrected chi connectivity index (χ2v) is 7.12. The molecule has 1 aliphatic rings. The minimum Gasteiger partial charge on any atom is -0.384 e. The molecular formula is C14H18N2O3S. The molecule has 0 saturated heterocycles. The van der Waals surface area contributed by atoms with E-state index in [2.05, 4.69) is 28.5 Å². The smallest absolute Gasteiger partial charge is 0.242 e. The van der Waals surface area contributed by atoms with Crippen molar-refractivity contribution in [1.82, 2.24) is 9.71 Å². The average Bonchev–Trinajstić information content (AvgIpc) is 2.41. The first-order chi connectivity index (χ1) is 9.45. The van der Waals surface area contributed by atoms with Gasteiger partial charge < -0.3 is 5.11 Å². The number of aliphatic hydroxyl groups is 1. The zero-order valence-corrected chi connectivity index (χ0v) is 12.2. The van der Waals surface area contributed by atoms with E-state index in [0.717, 1.165) is 19.3 Å². The van der Waals surface area contributed by atoms with E-state index < -0.39 is 10.0 Å². The fourth-order valence-corrected chi connectivity index (χ4v) is 3.27. The predicted molar refractivity (Wildman–Crippen MR) is 75.3 cm³/mol. The summed E-state index contributed by atoms with van der Waals surface area (Å²) >= 11 is 0. The fraction of sp³-hybridized carbons (Fsp3) is 0.500. The Hall–Kier alpha value is -1.42. The summed E-state index contributed by atoms with van der Waals surface area (Å²) in [5.74, 6) is 5.11. The van der Waals surface area contributed by atoms with Crippen LogP contribution in [0.2, 0.25) is 0 Å². The van der Waals surface area contributed by atoms with Crippen LogP contribution < -0.4 is 4.72 Å². The summed E-state index contributed by atoms with van der Waals surface area (Å²) in [6.45, 7) is 2.26. The number of aromatic nitrogens is 1. The van der Waals surface area contributed by atoms with Crippen molar-refractivity contribution in [3.05, 3.63) is 24.0 Å². The van der Waals surface area contributed by atoms with Gasteiger partial charge in [-0.3, -0.25) is 4.98 Å². The summed E-state index contributed by atoms with van der Waals surface area (Å²) in [5.41, 5.74) is 0.547. The van der Waals surface area contributed by atoms with Gasteiger partial charge >= 0.3 is 0 Å². The van der Waals surface area contributed by atoms with Crippen LogP contribution in [0.3, 0.4) is 0 Å². The molecule has 0 spiro atoms. The van der Waals surface area contributed by atoms with Crippen molar-refractivity contribution in [2.75, 3.05) is 13.2 Å². The normalized spacial score (nSPS) is 16.9. The van der Waals surface area contributed by atoms with E-state index in [0.29, 0.717) is 12.1 Å². The minimum atomic E-state index is -3.56. The number of nitrogens with one attached hydrogen (secondary N) is 1. The van der Waals surface area contributed by atoms with Gasteiger partial charge in [0.15, 0.2) is 0 Å². The van der Waals surface area contributed by atoms with Gasteiger partial charge in [0.05, 0.1) is 0 Å². The summed E-state index contributed by atoms with van der Waals surface area (Å²) < 4.78 is 27.0. The number of aliphatic hydroxyl groups excluding tert-OH is 1. The Morgan fingerprint density at radius 2 is 2.20 bits per heavy atom. The molecule has 0 amide bonds. The van der Waals surface area contributed by atoms with Gasteiger partial charge in [0.1, 0.15) is 11.5 Å². The molecular weight excluding hydrogens is 276 g/mol. The van der Waals surface area contributed by atoms with Crippen molar-refractivity contribution in [2.24, 2.45) is 5.41 Å². The van der Waals surface area contributed by atoms with Gasteiger partial charge in [-0.05, 0) is 24.3 Å². The first-order valence-corrected chi connectivity index (χ1v) is 7.98. The molecule has 2 N–H and O–H groups in total. The highest BCUT2D eigenvalue weighted by atomic mass is 32.2. The van der Waals surface area contributed by atoms with E-state index in [4.69, 9.17) is 5.11 Å². The number of rotatable bonds is 4. The summed E-state index contributed by atoms with van der Waals surface area (Å²) in [5, 5.41) is 8.64. The number of nitrogens with zero attached hydrogens (tertiary/aromatic N) is 1. The van der Waals surface area contributed by atoms with Gasteiger partial charge in [0, 0.05) is 24.5 Å². The molecule has 0 bridgehead atoms. The van der Waals surface area contributed by atoms with Crippen LogP contribution in [0.1, 0.15) is 31.7 Å². The lowest BCUT2D eigenvalue weighted by atomic mass is 9.71. The topological polar surface area (TPSA) is 79.3 Å². The van der Waals surface area contributed by atoms with Gasteiger partial charge in [-0.2, -0.15) is 0 Å². The zero-order chi connectivity index (χ0) is 14.6. The average molecular weight is 294 g/mol. The van der Waals surface area contributed by atoms with Crippen molar-refractivity contribution in [2.45, 2.75) is 31.1 Å². The number of sulfonamides is 1. The molecule has 1 heterocycles. The van der Waals surface area contributed by atoms with Crippen molar-refractivity contribution in [3.8, 4) is 11.8 Å². The summed E-state index contributed by atoms with van der Waals surface area (Å²) in [6.07, 6.45) is 6.03. The molecule has 0 unspecified atom stereocenters. The third-order valence-corrected chi connectivity index (χ3v) is 4.95. The summed E-state index contributed by atoms with van der Waals surface area (Å²) in [6, 6.07) is 1.46. The molecule has 1 aromatic rings. The van der Waals surface area contributed by atoms with Crippen molar-refractivity contribution in [3.63, 3.8) is 0 Å². The Labute approximate surface area is 119 Å². The predicted octanol–water partition coefficient (Wildman–Crippen LogP) is 0.894. The molecule has 2 rings (SSSR count). The lowest BCUT2D eigenvalue weighted by Gasteiger charge is -2.38. The van der Waals surface area contributed by atoms with E-state index >= 15 is 0 Å². The lowest BCUT2D eigenvalue weighted by Crippen LogP contribution is -2.39. The van der Waals surface area contributed by atoms with E-state index in [9.17, 15) is 8.42 Å². The highest BCUT2D eigenvalue weighted by molar-refractivity contribution is 7.89. The van der Waals surface area contributed by atoms with E-state index in [1.54, 1.807) is 0 Å². The van der Waals surface area contributed by atoms with Gasteiger partial charge in [0.25, 0.3) is 0 Å². The zero-order valence-electron chi connectivity index (χ0n) is 11.4. The van der Waals surface area contributed by atoms with Gasteiger partial charge in [-0.1, -0.05) is 25.2 Å². The summed E-state index contributed by atoms with van der Waals surface area (Å²) in [7, 11) is -3.56. The first-order valence-electron chi connectivity index (χ1n) is 6.50. The molecule has 108 valence electrons. The van der Waals surface area contributed by atoms with Crippen LogP contribution in [0, 0.1) is 17.3 Å². The molecule has 1 aliphatic carbocycles. The van der Waals surface area contributed by atoms with Gasteiger partial charge in [0.2, 0.25) is 10.0 Å². The van der Waals surface area contributed by atoms with Crippen molar-refractivity contribution in [1.29, 1.82) is 0 Å². The highest BCUT2D eigenvalue weighted by Gasteiger charge is 2.33. The fourth-order valence-electron chi connectivity index (χ4n) is 2.09. The van der Waals surface area contributed by atoms with Crippen LogP contribution in [-0.2, 0) is 10.0 Å². The SMILES string of the molecule is CC1(CNS(=O)(=O)c2cncc(C#CCO)c2)CCC1. The molecule has 1 aromatic heterocycles. The van der Waals surface area contributed by atoms with E-state index in [-0.39, 0.29) is 16.9 Å². The molecule has 0 aliphatic heterocycles. The summed E-state index contributed by atoms with van der Waals surface area (Å²) in [4.78, 5) is 3.98. The molecule has 0 radical (unpaired) electrons. The maximum absolute atomic E-state index is 12.2. The second-order valence-electron chi connectivity index (χ2n) is 5.36. The van der Waals surface area contributed by atoms with Crippen LogP contribution in [0.5, 0.6) is 0 Å². The molecule has 20 heavy (non-hydrogen) atoms. The van der Waals surface area contributed by atoms with Crippen molar-refractivity contribution >= 4 is 10.0 Å². The Balaban J connectivity index is 2.12. The van der Waals surface area contributed by atoms with Crippen LogP contribution in [0.4, 0.5) is 0 Å². The molecule has 0 atom stereocenters. The number of pyridine rings is 1. The molecule has 6 heteroatoms. The van der Waals surface area contributed by atoms with Gasteiger partial charge in [-0.15, -0.1) is 0 Å². The van der Waals surface area contributed by atoms with Crippen LogP contribution in [0.25, 0.3) is 0 Å². The Morgan fingerprint density at radius 3 is 2.80 bits per heavy atom. The molecule has 5 nitrogen and oxygen atoms in total. The van der Waals surface area contributed by atoms with E-state index in [1.165, 1.54) is 18.5 Å². The molecule has 0 aromatic carbocycles.